The summed E-state index contributed by atoms with van der Waals surface area (Å²) in [6.45, 7) is 5.70. The molecule has 0 aliphatic carbocycles. The van der Waals surface area contributed by atoms with Crippen molar-refractivity contribution >= 4 is 10.0 Å². The smallest absolute Gasteiger partial charge is 0.243 e. The molecule has 1 aromatic carbocycles. The first-order valence-corrected chi connectivity index (χ1v) is 7.93. The number of nitrogens with zero attached hydrogens (tertiary/aromatic N) is 1. The monoisotopic (exact) mass is 286 g/mol. The van der Waals surface area contributed by atoms with Crippen molar-refractivity contribution in [1.29, 1.82) is 0 Å². The molecule has 0 aromatic heterocycles. The lowest BCUT2D eigenvalue weighted by atomic mass is 10.3. The van der Waals surface area contributed by atoms with Gasteiger partial charge in [-0.1, -0.05) is 13.8 Å². The molecule has 0 fully saturated rings. The summed E-state index contributed by atoms with van der Waals surface area (Å²) in [5.74, 6) is 0.659. The maximum absolute atomic E-state index is 12.2. The SMILES string of the molecule is CCN(CC)S(=O)(=O)c1ccc(OCCCN)cc1. The van der Waals surface area contributed by atoms with Gasteiger partial charge in [0.1, 0.15) is 5.75 Å². The Morgan fingerprint density at radius 2 is 1.74 bits per heavy atom. The van der Waals surface area contributed by atoms with Gasteiger partial charge in [0.2, 0.25) is 10.0 Å². The summed E-state index contributed by atoms with van der Waals surface area (Å²) in [5.41, 5.74) is 5.37. The Bertz CT molecular complexity index is 467. The van der Waals surface area contributed by atoms with E-state index in [-0.39, 0.29) is 0 Å². The first-order valence-electron chi connectivity index (χ1n) is 6.49. The van der Waals surface area contributed by atoms with Crippen LogP contribution in [-0.2, 0) is 10.0 Å². The Labute approximate surface area is 115 Å². The minimum atomic E-state index is -3.39. The molecule has 0 unspecified atom stereocenters. The van der Waals surface area contributed by atoms with E-state index in [1.807, 2.05) is 13.8 Å². The highest BCUT2D eigenvalue weighted by atomic mass is 32.2. The molecule has 0 aliphatic rings. The molecular weight excluding hydrogens is 264 g/mol. The van der Waals surface area contributed by atoms with Gasteiger partial charge >= 0.3 is 0 Å². The fourth-order valence-corrected chi connectivity index (χ4v) is 3.15. The van der Waals surface area contributed by atoms with Crippen molar-refractivity contribution in [3.63, 3.8) is 0 Å². The maximum atomic E-state index is 12.2. The molecule has 0 heterocycles. The van der Waals surface area contributed by atoms with Gasteiger partial charge in [0, 0.05) is 13.1 Å². The summed E-state index contributed by atoms with van der Waals surface area (Å²) in [6.07, 6.45) is 0.777. The van der Waals surface area contributed by atoms with Gasteiger partial charge in [0.25, 0.3) is 0 Å². The highest BCUT2D eigenvalue weighted by Crippen LogP contribution is 2.19. The Balaban J connectivity index is 2.80. The van der Waals surface area contributed by atoms with E-state index in [4.69, 9.17) is 10.5 Å². The summed E-state index contributed by atoms with van der Waals surface area (Å²) in [4.78, 5) is 0.294. The highest BCUT2D eigenvalue weighted by molar-refractivity contribution is 7.89. The minimum absolute atomic E-state index is 0.294. The second kappa shape index (κ2) is 7.47. The number of benzene rings is 1. The molecule has 1 aromatic rings. The quantitative estimate of drug-likeness (QED) is 0.734. The number of hydrogen-bond donors (Lipinski definition) is 1. The van der Waals surface area contributed by atoms with Crippen LogP contribution in [0.5, 0.6) is 5.75 Å². The minimum Gasteiger partial charge on any atom is -0.494 e. The molecule has 0 radical (unpaired) electrons. The van der Waals surface area contributed by atoms with Crippen molar-refractivity contribution in [3.05, 3.63) is 24.3 Å². The van der Waals surface area contributed by atoms with Gasteiger partial charge in [-0.15, -0.1) is 0 Å². The number of nitrogens with two attached hydrogens (primary N) is 1. The zero-order chi connectivity index (χ0) is 14.3. The summed E-state index contributed by atoms with van der Waals surface area (Å²) in [6, 6.07) is 6.50. The Morgan fingerprint density at radius 3 is 2.21 bits per heavy atom. The molecule has 0 saturated carbocycles. The van der Waals surface area contributed by atoms with Gasteiger partial charge in [-0.05, 0) is 37.2 Å². The van der Waals surface area contributed by atoms with Crippen molar-refractivity contribution in [2.45, 2.75) is 25.2 Å². The fourth-order valence-electron chi connectivity index (χ4n) is 1.69. The van der Waals surface area contributed by atoms with Crippen LogP contribution in [0.2, 0.25) is 0 Å². The second-order valence-electron chi connectivity index (χ2n) is 4.05. The molecular formula is C13H22N2O3S. The zero-order valence-electron chi connectivity index (χ0n) is 11.5. The predicted molar refractivity (Wildman–Crippen MR) is 75.7 cm³/mol. The van der Waals surface area contributed by atoms with E-state index in [2.05, 4.69) is 0 Å². The highest BCUT2D eigenvalue weighted by Gasteiger charge is 2.21. The first-order chi connectivity index (χ1) is 9.06. The van der Waals surface area contributed by atoms with Crippen LogP contribution in [-0.4, -0.2) is 39.0 Å². The van der Waals surface area contributed by atoms with Gasteiger partial charge in [-0.2, -0.15) is 4.31 Å². The van der Waals surface area contributed by atoms with E-state index >= 15 is 0 Å². The third-order valence-corrected chi connectivity index (χ3v) is 4.85. The average Bonchev–Trinajstić information content (AvgIpc) is 2.41. The van der Waals surface area contributed by atoms with Crippen LogP contribution >= 0.6 is 0 Å². The van der Waals surface area contributed by atoms with Crippen LogP contribution < -0.4 is 10.5 Å². The third kappa shape index (κ3) is 4.19. The van der Waals surface area contributed by atoms with Crippen LogP contribution in [0.25, 0.3) is 0 Å². The third-order valence-electron chi connectivity index (χ3n) is 2.78. The average molecular weight is 286 g/mol. The molecule has 0 aliphatic heterocycles. The Hall–Kier alpha value is -1.11. The summed E-state index contributed by atoms with van der Waals surface area (Å²) in [5, 5.41) is 0. The van der Waals surface area contributed by atoms with Crippen LogP contribution in [0.4, 0.5) is 0 Å². The van der Waals surface area contributed by atoms with E-state index in [9.17, 15) is 8.42 Å². The molecule has 6 heteroatoms. The largest absolute Gasteiger partial charge is 0.494 e. The molecule has 0 saturated heterocycles. The van der Waals surface area contributed by atoms with E-state index in [1.165, 1.54) is 4.31 Å². The maximum Gasteiger partial charge on any atom is 0.243 e. The Kier molecular flexibility index (Phi) is 6.27. The zero-order valence-corrected chi connectivity index (χ0v) is 12.3. The standard InChI is InChI=1S/C13H22N2O3S/c1-3-15(4-2)19(16,17)13-8-6-12(7-9-13)18-11-5-10-14/h6-9H,3-5,10-11,14H2,1-2H3. The van der Waals surface area contributed by atoms with Gasteiger partial charge in [-0.3, -0.25) is 0 Å². The van der Waals surface area contributed by atoms with Crippen LogP contribution in [0.1, 0.15) is 20.3 Å². The molecule has 19 heavy (non-hydrogen) atoms. The summed E-state index contributed by atoms with van der Waals surface area (Å²) in [7, 11) is -3.39. The first kappa shape index (κ1) is 15.9. The van der Waals surface area contributed by atoms with Gasteiger partial charge in [0.15, 0.2) is 0 Å². The molecule has 0 bridgehead atoms. The van der Waals surface area contributed by atoms with Crippen LogP contribution in [0.3, 0.4) is 0 Å². The van der Waals surface area contributed by atoms with Crippen molar-refractivity contribution in [1.82, 2.24) is 4.31 Å². The second-order valence-corrected chi connectivity index (χ2v) is 5.99. The lowest BCUT2D eigenvalue weighted by Crippen LogP contribution is -2.30. The van der Waals surface area contributed by atoms with E-state index < -0.39 is 10.0 Å². The Morgan fingerprint density at radius 1 is 1.16 bits per heavy atom. The van der Waals surface area contributed by atoms with E-state index in [1.54, 1.807) is 24.3 Å². The van der Waals surface area contributed by atoms with Gasteiger partial charge in [-0.25, -0.2) is 8.42 Å². The predicted octanol–water partition coefficient (Wildman–Crippen LogP) is 1.44. The molecule has 0 atom stereocenters. The van der Waals surface area contributed by atoms with Gasteiger partial charge < -0.3 is 10.5 Å². The topological polar surface area (TPSA) is 72.6 Å². The summed E-state index contributed by atoms with van der Waals surface area (Å²) >= 11 is 0. The lowest BCUT2D eigenvalue weighted by Gasteiger charge is -2.18. The van der Waals surface area contributed by atoms with Gasteiger partial charge in [0.05, 0.1) is 11.5 Å². The molecule has 1 rings (SSSR count). The normalized spacial score (nSPS) is 11.8. The fraction of sp³-hybridized carbons (Fsp3) is 0.538. The van der Waals surface area contributed by atoms with E-state index in [0.29, 0.717) is 36.9 Å². The number of hydrogen-bond acceptors (Lipinski definition) is 4. The molecule has 0 amide bonds. The number of rotatable bonds is 8. The van der Waals surface area contributed by atoms with Crippen molar-refractivity contribution in [2.75, 3.05) is 26.2 Å². The number of sulfonamides is 1. The number of ether oxygens (including phenoxy) is 1. The lowest BCUT2D eigenvalue weighted by molar-refractivity contribution is 0.313. The molecule has 108 valence electrons. The summed E-state index contributed by atoms with van der Waals surface area (Å²) < 4.78 is 31.3. The molecule has 0 spiro atoms. The molecule has 5 nitrogen and oxygen atoms in total. The van der Waals surface area contributed by atoms with Crippen molar-refractivity contribution < 1.29 is 13.2 Å². The van der Waals surface area contributed by atoms with Crippen molar-refractivity contribution in [2.24, 2.45) is 5.73 Å². The molecule has 2 N–H and O–H groups in total. The van der Waals surface area contributed by atoms with Crippen LogP contribution in [0, 0.1) is 0 Å². The van der Waals surface area contributed by atoms with Crippen molar-refractivity contribution in [3.8, 4) is 5.75 Å². The van der Waals surface area contributed by atoms with Crippen LogP contribution in [0.15, 0.2) is 29.2 Å². The van der Waals surface area contributed by atoms with E-state index in [0.717, 1.165) is 6.42 Å².